The number of hydrogen-bond acceptors (Lipinski definition) is 5. The van der Waals surface area contributed by atoms with E-state index in [1.54, 1.807) is 18.5 Å². The molecule has 4 aromatic rings. The van der Waals surface area contributed by atoms with Crippen molar-refractivity contribution in [2.24, 2.45) is 0 Å². The fraction of sp³-hybridized carbons (Fsp3) is 0.130. The van der Waals surface area contributed by atoms with Gasteiger partial charge in [-0.3, -0.25) is 14.3 Å². The van der Waals surface area contributed by atoms with Gasteiger partial charge in [-0.25, -0.2) is 0 Å². The second-order valence-electron chi connectivity index (χ2n) is 7.03. The summed E-state index contributed by atoms with van der Waals surface area (Å²) < 4.78 is 40.0. The maximum absolute atomic E-state index is 12.7. The van der Waals surface area contributed by atoms with E-state index in [0.717, 1.165) is 23.3 Å². The first-order valence-electron chi connectivity index (χ1n) is 9.87. The van der Waals surface area contributed by atoms with Crippen molar-refractivity contribution in [1.29, 1.82) is 0 Å². The van der Waals surface area contributed by atoms with Gasteiger partial charge in [-0.2, -0.15) is 13.2 Å². The predicted molar refractivity (Wildman–Crippen MR) is 120 cm³/mol. The van der Waals surface area contributed by atoms with E-state index < -0.39 is 11.7 Å². The average molecular weight is 469 g/mol. The molecule has 10 heteroatoms. The first-order valence-corrected chi connectivity index (χ1v) is 10.9. The molecule has 0 fully saturated rings. The van der Waals surface area contributed by atoms with Gasteiger partial charge in [-0.1, -0.05) is 42.1 Å². The van der Waals surface area contributed by atoms with E-state index in [1.165, 1.54) is 23.9 Å². The molecule has 0 bridgehead atoms. The molecule has 2 aromatic heterocycles. The molecular weight excluding hydrogens is 451 g/mol. The third-order valence-electron chi connectivity index (χ3n) is 4.65. The van der Waals surface area contributed by atoms with E-state index >= 15 is 0 Å². The van der Waals surface area contributed by atoms with Gasteiger partial charge in [-0.05, 0) is 42.0 Å². The number of nitrogens with one attached hydrogen (secondary N) is 1. The number of carbonyl (C=O) groups is 1. The molecule has 0 aliphatic carbocycles. The lowest BCUT2D eigenvalue weighted by molar-refractivity contribution is -0.137. The number of pyridine rings is 1. The van der Waals surface area contributed by atoms with E-state index in [2.05, 4.69) is 20.5 Å². The van der Waals surface area contributed by atoms with Crippen molar-refractivity contribution >= 4 is 23.4 Å². The predicted octanol–water partition coefficient (Wildman–Crippen LogP) is 5.14. The Hall–Kier alpha value is -3.66. The standard InChI is InChI=1S/C23H18F3N5OS/c24-23(25,26)18-8-10-19(11-9-18)28-20(32)15-33-22-30-29-21(17-7-4-12-27-13-17)31(22)14-16-5-2-1-3-6-16/h1-13H,14-15H2,(H,28,32). The van der Waals surface area contributed by atoms with Gasteiger partial charge in [0, 0.05) is 23.6 Å². The lowest BCUT2D eigenvalue weighted by Gasteiger charge is -2.11. The summed E-state index contributed by atoms with van der Waals surface area (Å²) in [6, 6.07) is 17.8. The number of amides is 1. The summed E-state index contributed by atoms with van der Waals surface area (Å²) in [6.45, 7) is 0.501. The Morgan fingerprint density at radius 3 is 2.39 bits per heavy atom. The topological polar surface area (TPSA) is 72.7 Å². The molecular formula is C23H18F3N5OS. The quantitative estimate of drug-likeness (QED) is 0.380. The maximum Gasteiger partial charge on any atom is 0.416 e. The van der Waals surface area contributed by atoms with E-state index in [9.17, 15) is 18.0 Å². The molecule has 6 nitrogen and oxygen atoms in total. The number of halogens is 3. The number of rotatable bonds is 7. The highest BCUT2D eigenvalue weighted by molar-refractivity contribution is 7.99. The summed E-state index contributed by atoms with van der Waals surface area (Å²) >= 11 is 1.19. The Labute approximate surface area is 191 Å². The zero-order valence-corrected chi connectivity index (χ0v) is 18.0. The third-order valence-corrected chi connectivity index (χ3v) is 5.62. The van der Waals surface area contributed by atoms with E-state index in [4.69, 9.17) is 0 Å². The van der Waals surface area contributed by atoms with Crippen LogP contribution in [0.15, 0.2) is 84.3 Å². The van der Waals surface area contributed by atoms with Crippen LogP contribution in [0.1, 0.15) is 11.1 Å². The second-order valence-corrected chi connectivity index (χ2v) is 7.97. The molecule has 2 aromatic carbocycles. The SMILES string of the molecule is O=C(CSc1nnc(-c2cccnc2)n1Cc1ccccc1)Nc1ccc(C(F)(F)F)cc1. The van der Waals surface area contributed by atoms with Crippen molar-refractivity contribution in [1.82, 2.24) is 19.7 Å². The minimum Gasteiger partial charge on any atom is -0.325 e. The van der Waals surface area contributed by atoms with Gasteiger partial charge in [0.05, 0.1) is 17.9 Å². The zero-order valence-electron chi connectivity index (χ0n) is 17.2. The van der Waals surface area contributed by atoms with Crippen LogP contribution in [0.4, 0.5) is 18.9 Å². The van der Waals surface area contributed by atoms with Crippen LogP contribution < -0.4 is 5.32 Å². The number of hydrogen-bond donors (Lipinski definition) is 1. The third kappa shape index (κ3) is 5.78. The van der Waals surface area contributed by atoms with Crippen molar-refractivity contribution in [3.05, 3.63) is 90.3 Å². The van der Waals surface area contributed by atoms with Crippen LogP contribution in [0.25, 0.3) is 11.4 Å². The normalized spacial score (nSPS) is 11.4. The van der Waals surface area contributed by atoms with Gasteiger partial charge in [0.1, 0.15) is 0 Å². The largest absolute Gasteiger partial charge is 0.416 e. The monoisotopic (exact) mass is 469 g/mol. The molecule has 0 radical (unpaired) electrons. The highest BCUT2D eigenvalue weighted by Crippen LogP contribution is 2.30. The Morgan fingerprint density at radius 2 is 1.73 bits per heavy atom. The highest BCUT2D eigenvalue weighted by atomic mass is 32.2. The van der Waals surface area contributed by atoms with Crippen LogP contribution in [0.5, 0.6) is 0 Å². The maximum atomic E-state index is 12.7. The molecule has 1 N–H and O–H groups in total. The Morgan fingerprint density at radius 1 is 0.970 bits per heavy atom. The number of benzene rings is 2. The summed E-state index contributed by atoms with van der Waals surface area (Å²) in [4.78, 5) is 16.5. The molecule has 1 amide bonds. The van der Waals surface area contributed by atoms with Gasteiger partial charge in [-0.15, -0.1) is 10.2 Å². The Balaban J connectivity index is 1.48. The molecule has 0 unspecified atom stereocenters. The van der Waals surface area contributed by atoms with Crippen molar-refractivity contribution in [3.8, 4) is 11.4 Å². The van der Waals surface area contributed by atoms with Crippen LogP contribution >= 0.6 is 11.8 Å². The molecule has 0 saturated carbocycles. The molecule has 0 spiro atoms. The van der Waals surface area contributed by atoms with Gasteiger partial charge in [0.15, 0.2) is 11.0 Å². The summed E-state index contributed by atoms with van der Waals surface area (Å²) in [5.41, 5.74) is 1.35. The summed E-state index contributed by atoms with van der Waals surface area (Å²) in [6.07, 6.45) is -1.06. The molecule has 0 aliphatic heterocycles. The van der Waals surface area contributed by atoms with Crippen LogP contribution in [0.3, 0.4) is 0 Å². The lowest BCUT2D eigenvalue weighted by atomic mass is 10.2. The molecule has 33 heavy (non-hydrogen) atoms. The van der Waals surface area contributed by atoms with E-state index in [1.807, 2.05) is 41.0 Å². The van der Waals surface area contributed by atoms with Gasteiger partial charge in [0.25, 0.3) is 0 Å². The fourth-order valence-electron chi connectivity index (χ4n) is 3.08. The Kier molecular flexibility index (Phi) is 6.74. The number of thioether (sulfide) groups is 1. The molecule has 0 saturated heterocycles. The van der Waals surface area contributed by atoms with Crippen molar-refractivity contribution in [2.45, 2.75) is 17.9 Å². The smallest absolute Gasteiger partial charge is 0.325 e. The van der Waals surface area contributed by atoms with Gasteiger partial charge >= 0.3 is 6.18 Å². The minimum absolute atomic E-state index is 0.0149. The van der Waals surface area contributed by atoms with Gasteiger partial charge in [0.2, 0.25) is 5.91 Å². The zero-order chi connectivity index (χ0) is 23.3. The Bertz CT molecular complexity index is 1210. The summed E-state index contributed by atoms with van der Waals surface area (Å²) in [7, 11) is 0. The van der Waals surface area contributed by atoms with E-state index in [-0.39, 0.29) is 17.3 Å². The van der Waals surface area contributed by atoms with Crippen LogP contribution in [0.2, 0.25) is 0 Å². The molecule has 0 aliphatic rings. The average Bonchev–Trinajstić information content (AvgIpc) is 3.21. The summed E-state index contributed by atoms with van der Waals surface area (Å²) in [5, 5.41) is 11.7. The van der Waals surface area contributed by atoms with Crippen molar-refractivity contribution in [2.75, 3.05) is 11.1 Å². The van der Waals surface area contributed by atoms with E-state index in [0.29, 0.717) is 17.5 Å². The first-order chi connectivity index (χ1) is 15.9. The molecule has 2 heterocycles. The highest BCUT2D eigenvalue weighted by Gasteiger charge is 2.30. The fourth-order valence-corrected chi connectivity index (χ4v) is 3.82. The number of alkyl halides is 3. The van der Waals surface area contributed by atoms with Crippen LogP contribution in [-0.2, 0) is 17.5 Å². The minimum atomic E-state index is -4.42. The number of nitrogens with zero attached hydrogens (tertiary/aromatic N) is 4. The number of aromatic nitrogens is 4. The lowest BCUT2D eigenvalue weighted by Crippen LogP contribution is -2.15. The van der Waals surface area contributed by atoms with Gasteiger partial charge < -0.3 is 5.32 Å². The number of anilines is 1. The molecule has 4 rings (SSSR count). The summed E-state index contributed by atoms with van der Waals surface area (Å²) in [5.74, 6) is 0.274. The molecule has 0 atom stereocenters. The van der Waals surface area contributed by atoms with Crippen LogP contribution in [-0.4, -0.2) is 31.4 Å². The first kappa shape index (κ1) is 22.5. The van der Waals surface area contributed by atoms with Crippen LogP contribution in [0, 0.1) is 0 Å². The molecule has 168 valence electrons. The second kappa shape index (κ2) is 9.86. The van der Waals surface area contributed by atoms with Crippen molar-refractivity contribution in [3.63, 3.8) is 0 Å². The number of carbonyl (C=O) groups excluding carboxylic acids is 1. The van der Waals surface area contributed by atoms with Crippen molar-refractivity contribution < 1.29 is 18.0 Å².